The lowest BCUT2D eigenvalue weighted by Gasteiger charge is -2.14. The van der Waals surface area contributed by atoms with Crippen molar-refractivity contribution in [2.45, 2.75) is 24.9 Å². The summed E-state index contributed by atoms with van der Waals surface area (Å²) in [6, 6.07) is 10.6. The standard InChI is InChI=1S/C20H23F3O4S/c1-14(12-26-17-5-3-16(4-6-17)20(21,22)23)13-28-18-7-8-19(15(2)11-18)25-9-10-27-24/h3-8,11,14,24H,9-10,12-13H2,1-2H3. The van der Waals surface area contributed by atoms with Crippen molar-refractivity contribution in [1.82, 2.24) is 0 Å². The van der Waals surface area contributed by atoms with Gasteiger partial charge in [-0.25, -0.2) is 4.89 Å². The largest absolute Gasteiger partial charge is 0.493 e. The van der Waals surface area contributed by atoms with E-state index in [4.69, 9.17) is 14.7 Å². The summed E-state index contributed by atoms with van der Waals surface area (Å²) in [5.74, 6) is 2.18. The number of hydrogen-bond acceptors (Lipinski definition) is 5. The molecule has 2 rings (SSSR count). The second-order valence-electron chi connectivity index (χ2n) is 6.36. The summed E-state index contributed by atoms with van der Waals surface area (Å²) in [6.45, 7) is 4.75. The Labute approximate surface area is 166 Å². The SMILES string of the molecule is Cc1cc(SCC(C)COc2ccc(C(F)(F)F)cc2)ccc1OCCOO. The molecule has 0 amide bonds. The van der Waals surface area contributed by atoms with Gasteiger partial charge in [-0.05, 0) is 60.9 Å². The normalized spacial score (nSPS) is 12.6. The van der Waals surface area contributed by atoms with Crippen LogP contribution in [0.4, 0.5) is 13.2 Å². The maximum atomic E-state index is 12.6. The predicted molar refractivity (Wildman–Crippen MR) is 102 cm³/mol. The lowest BCUT2D eigenvalue weighted by molar-refractivity contribution is -0.245. The number of ether oxygens (including phenoxy) is 2. The van der Waals surface area contributed by atoms with E-state index in [2.05, 4.69) is 4.89 Å². The van der Waals surface area contributed by atoms with E-state index >= 15 is 0 Å². The predicted octanol–water partition coefficient (Wildman–Crippen LogP) is 5.69. The highest BCUT2D eigenvalue weighted by Crippen LogP contribution is 2.31. The average molecular weight is 416 g/mol. The zero-order valence-electron chi connectivity index (χ0n) is 15.7. The van der Waals surface area contributed by atoms with Crippen LogP contribution in [0.2, 0.25) is 0 Å². The number of halogens is 3. The number of aryl methyl sites for hydroxylation is 1. The average Bonchev–Trinajstić information content (AvgIpc) is 2.66. The molecule has 0 aliphatic carbocycles. The van der Waals surface area contributed by atoms with Gasteiger partial charge < -0.3 is 9.47 Å². The van der Waals surface area contributed by atoms with Gasteiger partial charge >= 0.3 is 6.18 Å². The summed E-state index contributed by atoms with van der Waals surface area (Å²) in [4.78, 5) is 5.06. The third-order valence-corrected chi connectivity index (χ3v) is 5.15. The van der Waals surface area contributed by atoms with Crippen LogP contribution in [0.15, 0.2) is 47.4 Å². The van der Waals surface area contributed by atoms with Gasteiger partial charge in [0.15, 0.2) is 0 Å². The molecule has 28 heavy (non-hydrogen) atoms. The van der Waals surface area contributed by atoms with Crippen LogP contribution in [0, 0.1) is 12.8 Å². The molecular weight excluding hydrogens is 393 g/mol. The van der Waals surface area contributed by atoms with Crippen LogP contribution in [0.3, 0.4) is 0 Å². The summed E-state index contributed by atoms with van der Waals surface area (Å²) in [5.41, 5.74) is 0.298. The van der Waals surface area contributed by atoms with Gasteiger partial charge in [-0.1, -0.05) is 6.92 Å². The van der Waals surface area contributed by atoms with E-state index in [1.807, 2.05) is 32.0 Å². The van der Waals surface area contributed by atoms with Crippen LogP contribution in [0.1, 0.15) is 18.1 Å². The Morgan fingerprint density at radius 2 is 1.75 bits per heavy atom. The molecule has 4 nitrogen and oxygen atoms in total. The third-order valence-electron chi connectivity index (χ3n) is 3.83. The van der Waals surface area contributed by atoms with Crippen LogP contribution in [-0.2, 0) is 11.1 Å². The molecule has 2 aromatic rings. The topological polar surface area (TPSA) is 47.9 Å². The van der Waals surface area contributed by atoms with Gasteiger partial charge in [0.2, 0.25) is 0 Å². The van der Waals surface area contributed by atoms with Crippen LogP contribution in [0.25, 0.3) is 0 Å². The summed E-state index contributed by atoms with van der Waals surface area (Å²) in [7, 11) is 0. The smallest absolute Gasteiger partial charge is 0.416 e. The Morgan fingerprint density at radius 3 is 2.36 bits per heavy atom. The van der Waals surface area contributed by atoms with E-state index in [9.17, 15) is 13.2 Å². The fourth-order valence-electron chi connectivity index (χ4n) is 2.33. The molecule has 0 heterocycles. The Balaban J connectivity index is 1.77. The van der Waals surface area contributed by atoms with Crippen molar-refractivity contribution < 1.29 is 32.8 Å². The maximum Gasteiger partial charge on any atom is 0.416 e. The van der Waals surface area contributed by atoms with Crippen molar-refractivity contribution in [1.29, 1.82) is 0 Å². The molecule has 0 fully saturated rings. The van der Waals surface area contributed by atoms with Crippen molar-refractivity contribution in [3.8, 4) is 11.5 Å². The number of thioether (sulfide) groups is 1. The van der Waals surface area contributed by atoms with Crippen LogP contribution < -0.4 is 9.47 Å². The highest BCUT2D eigenvalue weighted by Gasteiger charge is 2.30. The molecule has 0 saturated carbocycles. The van der Waals surface area contributed by atoms with E-state index in [1.54, 1.807) is 11.8 Å². The first-order chi connectivity index (χ1) is 13.3. The molecule has 0 radical (unpaired) electrons. The van der Waals surface area contributed by atoms with Gasteiger partial charge in [0, 0.05) is 10.6 Å². The lowest BCUT2D eigenvalue weighted by atomic mass is 10.2. The molecule has 8 heteroatoms. The Morgan fingerprint density at radius 1 is 1.04 bits per heavy atom. The van der Waals surface area contributed by atoms with E-state index in [-0.39, 0.29) is 19.1 Å². The van der Waals surface area contributed by atoms with Crippen molar-refractivity contribution in [3.05, 3.63) is 53.6 Å². The van der Waals surface area contributed by atoms with Gasteiger partial charge in [-0.3, -0.25) is 5.26 Å². The minimum absolute atomic E-state index is 0.104. The first-order valence-electron chi connectivity index (χ1n) is 8.72. The summed E-state index contributed by atoms with van der Waals surface area (Å²) >= 11 is 1.67. The van der Waals surface area contributed by atoms with Gasteiger partial charge in [-0.15, -0.1) is 11.8 Å². The Kier molecular flexibility index (Phi) is 8.47. The second-order valence-corrected chi connectivity index (χ2v) is 7.45. The molecule has 0 aliphatic rings. The summed E-state index contributed by atoms with van der Waals surface area (Å²) in [5, 5.41) is 8.30. The molecule has 1 unspecified atom stereocenters. The molecule has 1 atom stereocenters. The first-order valence-corrected chi connectivity index (χ1v) is 9.71. The van der Waals surface area contributed by atoms with Gasteiger partial charge in [0.1, 0.15) is 24.7 Å². The van der Waals surface area contributed by atoms with E-state index in [1.165, 1.54) is 12.1 Å². The summed E-state index contributed by atoms with van der Waals surface area (Å²) in [6.07, 6.45) is -4.34. The molecule has 0 aliphatic heterocycles. The molecular formula is C20H23F3O4S. The number of benzene rings is 2. The molecule has 0 aromatic heterocycles. The molecule has 0 bridgehead atoms. The fourth-order valence-corrected chi connectivity index (χ4v) is 3.33. The number of hydrogen-bond donors (Lipinski definition) is 1. The molecule has 0 spiro atoms. The van der Waals surface area contributed by atoms with E-state index in [0.29, 0.717) is 12.4 Å². The zero-order chi connectivity index (χ0) is 20.6. The third kappa shape index (κ3) is 7.26. The maximum absolute atomic E-state index is 12.6. The Bertz CT molecular complexity index is 735. The minimum atomic E-state index is -4.34. The van der Waals surface area contributed by atoms with Crippen LogP contribution >= 0.6 is 11.8 Å². The molecule has 1 N–H and O–H groups in total. The van der Waals surface area contributed by atoms with Gasteiger partial charge in [0.25, 0.3) is 0 Å². The van der Waals surface area contributed by atoms with Crippen molar-refractivity contribution in [2.24, 2.45) is 5.92 Å². The zero-order valence-corrected chi connectivity index (χ0v) is 16.5. The first kappa shape index (κ1) is 22.4. The molecule has 154 valence electrons. The van der Waals surface area contributed by atoms with Crippen LogP contribution in [0.5, 0.6) is 11.5 Å². The van der Waals surface area contributed by atoms with Gasteiger partial charge in [-0.2, -0.15) is 13.2 Å². The second kappa shape index (κ2) is 10.6. The Hall–Kier alpha value is -1.90. The highest BCUT2D eigenvalue weighted by atomic mass is 32.2. The van der Waals surface area contributed by atoms with Crippen LogP contribution in [-0.4, -0.2) is 30.8 Å². The van der Waals surface area contributed by atoms with Crippen molar-refractivity contribution >= 4 is 11.8 Å². The number of alkyl halides is 3. The number of rotatable bonds is 10. The summed E-state index contributed by atoms with van der Waals surface area (Å²) < 4.78 is 48.8. The fraction of sp³-hybridized carbons (Fsp3) is 0.400. The molecule has 2 aromatic carbocycles. The lowest BCUT2D eigenvalue weighted by Crippen LogP contribution is -2.11. The minimum Gasteiger partial charge on any atom is -0.493 e. The van der Waals surface area contributed by atoms with Gasteiger partial charge in [0.05, 0.1) is 12.2 Å². The quantitative estimate of drug-likeness (QED) is 0.233. The molecule has 0 saturated heterocycles. The highest BCUT2D eigenvalue weighted by molar-refractivity contribution is 7.99. The van der Waals surface area contributed by atoms with E-state index in [0.717, 1.165) is 34.1 Å². The monoisotopic (exact) mass is 416 g/mol. The van der Waals surface area contributed by atoms with Crippen molar-refractivity contribution in [2.75, 3.05) is 25.6 Å². The van der Waals surface area contributed by atoms with Crippen molar-refractivity contribution in [3.63, 3.8) is 0 Å². The van der Waals surface area contributed by atoms with E-state index < -0.39 is 11.7 Å².